The lowest BCUT2D eigenvalue weighted by molar-refractivity contribution is -0.126. The van der Waals surface area contributed by atoms with Gasteiger partial charge in [0.15, 0.2) is 0 Å². The van der Waals surface area contributed by atoms with E-state index >= 15 is 0 Å². The van der Waals surface area contributed by atoms with Crippen LogP contribution in [0.25, 0.3) is 10.2 Å². The van der Waals surface area contributed by atoms with Crippen LogP contribution in [0.5, 0.6) is 11.5 Å². The summed E-state index contributed by atoms with van der Waals surface area (Å²) in [6, 6.07) is 9.53. The third kappa shape index (κ3) is 5.83. The Morgan fingerprint density at radius 1 is 1.17 bits per heavy atom. The fraction of sp³-hybridized carbons (Fsp3) is 0.323. The first kappa shape index (κ1) is 27.8. The molecule has 5 heterocycles. The summed E-state index contributed by atoms with van der Waals surface area (Å²) >= 11 is 1.61. The second-order valence-corrected chi connectivity index (χ2v) is 11.8. The number of thiophene rings is 1. The van der Waals surface area contributed by atoms with Crippen LogP contribution in [-0.2, 0) is 22.6 Å². The van der Waals surface area contributed by atoms with E-state index in [2.05, 4.69) is 20.3 Å². The first-order valence-electron chi connectivity index (χ1n) is 14.1. The number of likely N-dealkylation sites (tertiary alicyclic amines) is 1. The molecule has 10 nitrogen and oxygen atoms in total. The Kier molecular flexibility index (Phi) is 7.86. The van der Waals surface area contributed by atoms with Crippen molar-refractivity contribution in [1.82, 2.24) is 24.8 Å². The number of fused-ring (bicyclic) bond motifs is 3. The Labute approximate surface area is 248 Å². The van der Waals surface area contributed by atoms with E-state index in [1.165, 1.54) is 5.56 Å². The van der Waals surface area contributed by atoms with Crippen molar-refractivity contribution >= 4 is 44.9 Å². The van der Waals surface area contributed by atoms with Crippen molar-refractivity contribution < 1.29 is 14.3 Å². The first-order valence-corrected chi connectivity index (χ1v) is 14.9. The monoisotopic (exact) mass is 583 g/mol. The predicted octanol–water partition coefficient (Wildman–Crippen LogP) is 4.63. The molecule has 1 atom stereocenters. The summed E-state index contributed by atoms with van der Waals surface area (Å²) in [5.74, 6) is 1.88. The van der Waals surface area contributed by atoms with Gasteiger partial charge in [0.2, 0.25) is 11.8 Å². The molecule has 0 saturated carbocycles. The van der Waals surface area contributed by atoms with Crippen LogP contribution in [-0.4, -0.2) is 62.2 Å². The molecule has 1 fully saturated rings. The van der Waals surface area contributed by atoms with Crippen LogP contribution in [0.1, 0.15) is 34.5 Å². The molecule has 0 bridgehead atoms. The fourth-order valence-corrected chi connectivity index (χ4v) is 6.79. The van der Waals surface area contributed by atoms with E-state index < -0.39 is 0 Å². The number of pyridine rings is 1. The number of benzene rings is 1. The lowest BCUT2D eigenvalue weighted by atomic mass is 10.0. The number of carbonyl (C=O) groups excluding carboxylic acids is 2. The standard InChI is InChI=1S/C31H33N7O3S/c1-19-15-21(8-10-25(19)41-22-9-7-20(2)33-16-22)36-30-28-23-11-14-38(17-26(23)42-31(28)35-18-34-30)27(39)6-4-13-37-12-3-5-24(37)29(32)40/h4,6-10,15-16,18,24H,3,5,11-14,17H2,1-2H3,(H2,32,40)(H,34,35,36)/b6-4+. The number of nitrogens with zero attached hydrogens (tertiary/aromatic N) is 5. The number of nitrogens with two attached hydrogens (primary N) is 1. The highest BCUT2D eigenvalue weighted by molar-refractivity contribution is 7.19. The summed E-state index contributed by atoms with van der Waals surface area (Å²) in [4.78, 5) is 43.9. The number of anilines is 2. The van der Waals surface area contributed by atoms with Gasteiger partial charge in [-0.1, -0.05) is 6.08 Å². The average Bonchev–Trinajstić information content (AvgIpc) is 3.60. The zero-order valence-corrected chi connectivity index (χ0v) is 24.5. The minimum Gasteiger partial charge on any atom is -0.455 e. The van der Waals surface area contributed by atoms with E-state index in [-0.39, 0.29) is 17.9 Å². The molecule has 0 radical (unpaired) electrons. The molecule has 0 spiro atoms. The van der Waals surface area contributed by atoms with Crippen molar-refractivity contribution in [3.63, 3.8) is 0 Å². The molecule has 1 saturated heterocycles. The summed E-state index contributed by atoms with van der Waals surface area (Å²) < 4.78 is 6.02. The predicted molar refractivity (Wildman–Crippen MR) is 163 cm³/mol. The van der Waals surface area contributed by atoms with Gasteiger partial charge >= 0.3 is 0 Å². The maximum absolute atomic E-state index is 13.0. The number of carbonyl (C=O) groups is 2. The van der Waals surface area contributed by atoms with Gasteiger partial charge in [-0.3, -0.25) is 19.5 Å². The van der Waals surface area contributed by atoms with Crippen LogP contribution in [0, 0.1) is 13.8 Å². The summed E-state index contributed by atoms with van der Waals surface area (Å²) in [5.41, 5.74) is 9.52. The van der Waals surface area contributed by atoms with E-state index in [1.54, 1.807) is 29.9 Å². The van der Waals surface area contributed by atoms with Gasteiger partial charge in [0.05, 0.1) is 24.2 Å². The van der Waals surface area contributed by atoms with Gasteiger partial charge in [-0.05, 0) is 81.1 Å². The third-order valence-corrected chi connectivity index (χ3v) is 8.92. The molecule has 2 aliphatic rings. The number of amides is 2. The molecule has 216 valence electrons. The first-order chi connectivity index (χ1) is 20.4. The molecule has 11 heteroatoms. The zero-order valence-electron chi connectivity index (χ0n) is 23.7. The third-order valence-electron chi connectivity index (χ3n) is 7.79. The van der Waals surface area contributed by atoms with Crippen LogP contribution >= 0.6 is 11.3 Å². The summed E-state index contributed by atoms with van der Waals surface area (Å²) in [7, 11) is 0. The Morgan fingerprint density at radius 2 is 2.05 bits per heavy atom. The van der Waals surface area contributed by atoms with Gasteiger partial charge in [0.25, 0.3) is 0 Å². The molecular weight excluding hydrogens is 550 g/mol. The number of aromatic nitrogens is 3. The molecule has 4 aromatic rings. The largest absolute Gasteiger partial charge is 0.455 e. The SMILES string of the molecule is Cc1ccc(Oc2ccc(Nc3ncnc4sc5c(c34)CCN(C(=O)/C=C/CN3CCCC3C(N)=O)C5)cc2C)cn1. The molecule has 3 aromatic heterocycles. The number of primary amides is 1. The molecule has 0 aliphatic carbocycles. The Hall–Kier alpha value is -4.35. The van der Waals surface area contributed by atoms with Gasteiger partial charge in [-0.15, -0.1) is 11.3 Å². The van der Waals surface area contributed by atoms with Gasteiger partial charge in [-0.25, -0.2) is 9.97 Å². The van der Waals surface area contributed by atoms with Crippen LogP contribution in [0.3, 0.4) is 0 Å². The van der Waals surface area contributed by atoms with Gasteiger partial charge in [0.1, 0.15) is 28.5 Å². The highest BCUT2D eigenvalue weighted by Crippen LogP contribution is 2.38. The molecular formula is C31H33N7O3S. The van der Waals surface area contributed by atoms with Gasteiger partial charge < -0.3 is 20.7 Å². The number of aryl methyl sites for hydroxylation is 2. The zero-order chi connectivity index (χ0) is 29.2. The van der Waals surface area contributed by atoms with Crippen LogP contribution in [0.15, 0.2) is 55.0 Å². The lowest BCUT2D eigenvalue weighted by Gasteiger charge is -2.26. The maximum atomic E-state index is 13.0. The minimum absolute atomic E-state index is 0.0310. The maximum Gasteiger partial charge on any atom is 0.246 e. The van der Waals surface area contributed by atoms with E-state index in [9.17, 15) is 9.59 Å². The number of hydrogen-bond donors (Lipinski definition) is 2. The number of ether oxygens (including phenoxy) is 1. The normalized spacial score (nSPS) is 17.1. The highest BCUT2D eigenvalue weighted by atomic mass is 32.1. The molecule has 42 heavy (non-hydrogen) atoms. The van der Waals surface area contributed by atoms with Gasteiger partial charge in [0, 0.05) is 35.4 Å². The smallest absolute Gasteiger partial charge is 0.246 e. The van der Waals surface area contributed by atoms with E-state index in [0.717, 1.165) is 69.4 Å². The Balaban J connectivity index is 1.14. The van der Waals surface area contributed by atoms with Gasteiger partial charge in [-0.2, -0.15) is 0 Å². The number of hydrogen-bond acceptors (Lipinski definition) is 9. The average molecular weight is 584 g/mol. The molecule has 3 N–H and O–H groups in total. The second-order valence-electron chi connectivity index (χ2n) is 10.7. The summed E-state index contributed by atoms with van der Waals surface area (Å²) in [5, 5.41) is 4.49. The van der Waals surface area contributed by atoms with Crippen molar-refractivity contribution in [3.05, 3.63) is 76.7 Å². The summed E-state index contributed by atoms with van der Waals surface area (Å²) in [6.07, 6.45) is 9.21. The quantitative estimate of drug-likeness (QED) is 0.288. The van der Waals surface area contributed by atoms with Crippen molar-refractivity contribution in [1.29, 1.82) is 0 Å². The molecule has 2 aliphatic heterocycles. The number of nitrogens with one attached hydrogen (secondary N) is 1. The highest BCUT2D eigenvalue weighted by Gasteiger charge is 2.28. The molecule has 1 unspecified atom stereocenters. The van der Waals surface area contributed by atoms with Crippen LogP contribution < -0.4 is 15.8 Å². The number of rotatable bonds is 8. The van der Waals surface area contributed by atoms with Crippen molar-refractivity contribution in [3.8, 4) is 11.5 Å². The molecule has 6 rings (SSSR count). The van der Waals surface area contributed by atoms with Crippen LogP contribution in [0.4, 0.5) is 11.5 Å². The minimum atomic E-state index is -0.297. The van der Waals surface area contributed by atoms with Crippen molar-refractivity contribution in [2.45, 2.75) is 45.7 Å². The fourth-order valence-electron chi connectivity index (χ4n) is 5.59. The Morgan fingerprint density at radius 3 is 2.83 bits per heavy atom. The van der Waals surface area contributed by atoms with E-state index in [4.69, 9.17) is 10.5 Å². The molecule has 1 aromatic carbocycles. The topological polar surface area (TPSA) is 127 Å². The van der Waals surface area contributed by atoms with Crippen LogP contribution in [0.2, 0.25) is 0 Å². The van der Waals surface area contributed by atoms with Crippen molar-refractivity contribution in [2.75, 3.05) is 25.0 Å². The Bertz CT molecular complexity index is 1670. The molecule has 2 amide bonds. The van der Waals surface area contributed by atoms with E-state index in [1.807, 2.05) is 60.1 Å². The van der Waals surface area contributed by atoms with E-state index in [0.29, 0.717) is 25.4 Å². The lowest BCUT2D eigenvalue weighted by Crippen LogP contribution is -2.40. The summed E-state index contributed by atoms with van der Waals surface area (Å²) in [6.45, 7) is 6.46. The second kappa shape index (κ2) is 11.9. The van der Waals surface area contributed by atoms with Crippen molar-refractivity contribution in [2.24, 2.45) is 5.73 Å².